The molecule has 0 bridgehead atoms. The molecule has 1 aromatic heterocycles. The van der Waals surface area contributed by atoms with Crippen molar-refractivity contribution in [3.05, 3.63) is 17.7 Å². The maximum Gasteiger partial charge on any atom is 0.131 e. The fraction of sp³-hybridized carbons (Fsp3) is 0.733. The highest BCUT2D eigenvalue weighted by Crippen LogP contribution is 2.34. The number of nitrogens with zero attached hydrogens (tertiary/aromatic N) is 3. The minimum absolute atomic E-state index is 0.213. The molecule has 0 unspecified atom stereocenters. The molecule has 4 nitrogen and oxygen atoms in total. The fourth-order valence-corrected chi connectivity index (χ4v) is 2.78. The number of nitrogens with one attached hydrogen (secondary N) is 1. The van der Waals surface area contributed by atoms with Gasteiger partial charge in [0.2, 0.25) is 0 Å². The lowest BCUT2D eigenvalue weighted by Gasteiger charge is -2.34. The van der Waals surface area contributed by atoms with Crippen molar-refractivity contribution in [3.63, 3.8) is 0 Å². The summed E-state index contributed by atoms with van der Waals surface area (Å²) >= 11 is 0. The van der Waals surface area contributed by atoms with Crippen LogP contribution in [-0.2, 0) is 6.54 Å². The number of hydrogen-bond donors (Lipinski definition) is 1. The first-order valence-corrected chi connectivity index (χ1v) is 7.24. The van der Waals surface area contributed by atoms with Crippen molar-refractivity contribution in [2.45, 2.75) is 58.5 Å². The molecule has 0 spiro atoms. The zero-order chi connectivity index (χ0) is 14.0. The maximum absolute atomic E-state index is 4.76. The molecule has 0 atom stereocenters. The minimum Gasteiger partial charge on any atom is -0.364 e. The Morgan fingerprint density at radius 3 is 2.68 bits per heavy atom. The summed E-state index contributed by atoms with van der Waals surface area (Å²) in [7, 11) is 1.97. The van der Waals surface area contributed by atoms with Gasteiger partial charge in [-0.2, -0.15) is 0 Å². The largest absolute Gasteiger partial charge is 0.364 e. The molecule has 1 aliphatic rings. The molecule has 0 aliphatic carbocycles. The lowest BCUT2D eigenvalue weighted by atomic mass is 10.0. The van der Waals surface area contributed by atoms with E-state index in [1.165, 1.54) is 18.5 Å². The van der Waals surface area contributed by atoms with Crippen molar-refractivity contribution in [1.82, 2.24) is 15.3 Å². The predicted octanol–water partition coefficient (Wildman–Crippen LogP) is 2.70. The molecule has 1 saturated heterocycles. The molecule has 19 heavy (non-hydrogen) atoms. The van der Waals surface area contributed by atoms with Crippen molar-refractivity contribution < 1.29 is 0 Å². The highest BCUT2D eigenvalue weighted by atomic mass is 15.2. The Bertz CT molecular complexity index is 440. The Morgan fingerprint density at radius 2 is 2.16 bits per heavy atom. The van der Waals surface area contributed by atoms with Crippen LogP contribution in [0.5, 0.6) is 0 Å². The average Bonchev–Trinajstić information content (AvgIpc) is 2.69. The van der Waals surface area contributed by atoms with E-state index in [1.807, 2.05) is 13.2 Å². The summed E-state index contributed by atoms with van der Waals surface area (Å²) in [6, 6.07) is 0. The smallest absolute Gasteiger partial charge is 0.131 e. The highest BCUT2D eigenvalue weighted by Gasteiger charge is 2.33. The summed E-state index contributed by atoms with van der Waals surface area (Å²) in [5, 5.41) is 3.22. The van der Waals surface area contributed by atoms with Gasteiger partial charge in [-0.05, 0) is 33.7 Å². The van der Waals surface area contributed by atoms with Gasteiger partial charge in [0.05, 0.1) is 17.6 Å². The molecule has 1 N–H and O–H groups in total. The molecule has 1 fully saturated rings. The number of anilines is 1. The molecule has 1 aromatic rings. The first-order valence-electron chi connectivity index (χ1n) is 7.24. The molecule has 0 radical (unpaired) electrons. The van der Waals surface area contributed by atoms with Gasteiger partial charge in [-0.3, -0.25) is 0 Å². The van der Waals surface area contributed by atoms with Crippen LogP contribution in [0, 0.1) is 0 Å². The quantitative estimate of drug-likeness (QED) is 0.906. The van der Waals surface area contributed by atoms with Crippen molar-refractivity contribution in [1.29, 1.82) is 0 Å². The van der Waals surface area contributed by atoms with E-state index in [2.05, 4.69) is 42.9 Å². The Kier molecular flexibility index (Phi) is 4.09. The third kappa shape index (κ3) is 2.89. The van der Waals surface area contributed by atoms with Crippen LogP contribution in [-0.4, -0.2) is 29.1 Å². The van der Waals surface area contributed by atoms with E-state index in [1.54, 1.807) is 0 Å². The summed E-state index contributed by atoms with van der Waals surface area (Å²) in [4.78, 5) is 11.8. The van der Waals surface area contributed by atoms with E-state index >= 15 is 0 Å². The van der Waals surface area contributed by atoms with Crippen LogP contribution in [0.2, 0.25) is 0 Å². The van der Waals surface area contributed by atoms with Crippen molar-refractivity contribution in [2.75, 3.05) is 18.5 Å². The Hall–Kier alpha value is -1.16. The topological polar surface area (TPSA) is 41.1 Å². The number of aromatic nitrogens is 2. The summed E-state index contributed by atoms with van der Waals surface area (Å²) < 4.78 is 0. The van der Waals surface area contributed by atoms with Crippen molar-refractivity contribution >= 4 is 5.69 Å². The van der Waals surface area contributed by atoms with Crippen molar-refractivity contribution in [2.24, 2.45) is 0 Å². The lowest BCUT2D eigenvalue weighted by Crippen LogP contribution is -2.39. The Morgan fingerprint density at radius 1 is 1.42 bits per heavy atom. The first-order chi connectivity index (χ1) is 8.95. The van der Waals surface area contributed by atoms with Gasteiger partial charge in [0.15, 0.2) is 0 Å². The summed E-state index contributed by atoms with van der Waals surface area (Å²) in [6.45, 7) is 10.8. The van der Waals surface area contributed by atoms with Crippen LogP contribution in [0.3, 0.4) is 0 Å². The predicted molar refractivity (Wildman–Crippen MR) is 79.5 cm³/mol. The maximum atomic E-state index is 4.76. The van der Waals surface area contributed by atoms with E-state index in [0.717, 1.165) is 24.6 Å². The molecule has 2 rings (SSSR count). The molecule has 2 heterocycles. The Labute approximate surface area is 116 Å². The molecule has 0 aromatic carbocycles. The zero-order valence-corrected chi connectivity index (χ0v) is 12.8. The van der Waals surface area contributed by atoms with Gasteiger partial charge in [0.1, 0.15) is 5.82 Å². The minimum atomic E-state index is 0.213. The van der Waals surface area contributed by atoms with Gasteiger partial charge in [-0.1, -0.05) is 13.8 Å². The summed E-state index contributed by atoms with van der Waals surface area (Å²) in [5.74, 6) is 1.31. The average molecular weight is 262 g/mol. The van der Waals surface area contributed by atoms with Crippen LogP contribution < -0.4 is 10.2 Å². The monoisotopic (exact) mass is 262 g/mol. The molecule has 0 saturated carbocycles. The van der Waals surface area contributed by atoms with Crippen LogP contribution in [0.4, 0.5) is 5.69 Å². The van der Waals surface area contributed by atoms with Crippen LogP contribution in [0.15, 0.2) is 6.20 Å². The zero-order valence-electron chi connectivity index (χ0n) is 12.8. The Balaban J connectivity index is 2.39. The van der Waals surface area contributed by atoms with Gasteiger partial charge in [0, 0.05) is 24.5 Å². The standard InChI is InChI=1S/C15H26N4/c1-11(2)14-17-10-13(12(18-14)9-16-5)19-8-6-7-15(19,3)4/h10-11,16H,6-9H2,1-5H3. The molecule has 0 amide bonds. The number of hydrogen-bond acceptors (Lipinski definition) is 4. The fourth-order valence-electron chi connectivity index (χ4n) is 2.78. The van der Waals surface area contributed by atoms with Gasteiger partial charge < -0.3 is 10.2 Å². The second kappa shape index (κ2) is 5.45. The first kappa shape index (κ1) is 14.3. The van der Waals surface area contributed by atoms with Crippen molar-refractivity contribution in [3.8, 4) is 0 Å². The van der Waals surface area contributed by atoms with Gasteiger partial charge >= 0.3 is 0 Å². The van der Waals surface area contributed by atoms with E-state index in [9.17, 15) is 0 Å². The third-order valence-electron chi connectivity index (χ3n) is 3.92. The second-order valence-electron chi connectivity index (χ2n) is 6.31. The molecule has 1 aliphatic heterocycles. The number of rotatable bonds is 4. The van der Waals surface area contributed by atoms with Crippen LogP contribution in [0.25, 0.3) is 0 Å². The lowest BCUT2D eigenvalue weighted by molar-refractivity contribution is 0.514. The van der Waals surface area contributed by atoms with Gasteiger partial charge in [-0.15, -0.1) is 0 Å². The molecular formula is C15H26N4. The van der Waals surface area contributed by atoms with E-state index < -0.39 is 0 Å². The van der Waals surface area contributed by atoms with E-state index in [0.29, 0.717) is 5.92 Å². The highest BCUT2D eigenvalue weighted by molar-refractivity contribution is 5.52. The van der Waals surface area contributed by atoms with E-state index in [-0.39, 0.29) is 5.54 Å². The van der Waals surface area contributed by atoms with Crippen LogP contribution in [0.1, 0.15) is 58.0 Å². The summed E-state index contributed by atoms with van der Waals surface area (Å²) in [6.07, 6.45) is 4.50. The van der Waals surface area contributed by atoms with E-state index in [4.69, 9.17) is 4.98 Å². The second-order valence-corrected chi connectivity index (χ2v) is 6.31. The van der Waals surface area contributed by atoms with Gasteiger partial charge in [0.25, 0.3) is 0 Å². The molecule has 106 valence electrons. The molecular weight excluding hydrogens is 236 g/mol. The normalized spacial score (nSPS) is 18.3. The molecule has 4 heteroatoms. The van der Waals surface area contributed by atoms with Crippen LogP contribution >= 0.6 is 0 Å². The summed E-state index contributed by atoms with van der Waals surface area (Å²) in [5.41, 5.74) is 2.53. The third-order valence-corrected chi connectivity index (χ3v) is 3.92. The van der Waals surface area contributed by atoms with Gasteiger partial charge in [-0.25, -0.2) is 9.97 Å². The SMILES string of the molecule is CNCc1nc(C(C)C)ncc1N1CCCC1(C)C.